The van der Waals surface area contributed by atoms with Gasteiger partial charge in [0.1, 0.15) is 19.0 Å². The summed E-state index contributed by atoms with van der Waals surface area (Å²) in [5, 5.41) is 15.6. The number of nitrogens with one attached hydrogen (secondary N) is 2. The molecule has 0 bridgehead atoms. The summed E-state index contributed by atoms with van der Waals surface area (Å²) < 4.78 is 16.0. The first-order valence-corrected chi connectivity index (χ1v) is 9.35. The second-order valence-corrected chi connectivity index (χ2v) is 8.88. The van der Waals surface area contributed by atoms with E-state index < -0.39 is 12.2 Å². The summed E-state index contributed by atoms with van der Waals surface area (Å²) in [6.45, 7) is 13.9. The lowest BCUT2D eigenvalue weighted by Crippen LogP contribution is -2.50. The summed E-state index contributed by atoms with van der Waals surface area (Å²) in [7, 11) is 0. The number of alkyl carbamates (subject to hydrolysis) is 1. The average Bonchev–Trinajstić information content (AvgIpc) is 2.88. The molecule has 1 saturated heterocycles. The van der Waals surface area contributed by atoms with Gasteiger partial charge in [-0.05, 0) is 37.0 Å². The van der Waals surface area contributed by atoms with Crippen molar-refractivity contribution in [2.24, 2.45) is 10.8 Å². The van der Waals surface area contributed by atoms with Crippen LogP contribution >= 0.6 is 0 Å². The van der Waals surface area contributed by atoms with Crippen LogP contribution in [0.4, 0.5) is 4.79 Å². The van der Waals surface area contributed by atoms with Crippen molar-refractivity contribution in [1.29, 1.82) is 0 Å². The molecule has 1 aliphatic heterocycles. The van der Waals surface area contributed by atoms with Crippen molar-refractivity contribution < 1.29 is 24.1 Å². The highest BCUT2D eigenvalue weighted by Gasteiger charge is 2.41. The number of amides is 1. The third-order valence-corrected chi connectivity index (χ3v) is 4.81. The molecule has 0 spiro atoms. The zero-order valence-electron chi connectivity index (χ0n) is 16.5. The molecule has 2 aliphatic rings. The lowest BCUT2D eigenvalue weighted by Gasteiger charge is -2.47. The first-order valence-electron chi connectivity index (χ1n) is 9.35. The van der Waals surface area contributed by atoms with Crippen molar-refractivity contribution in [2.75, 3.05) is 26.3 Å². The van der Waals surface area contributed by atoms with Gasteiger partial charge in [0.25, 0.3) is 0 Å². The van der Waals surface area contributed by atoms with E-state index in [1.807, 2.05) is 0 Å². The maximum Gasteiger partial charge on any atom is 0.407 e. The topological polar surface area (TPSA) is 89.1 Å². The largest absolute Gasteiger partial charge is 0.466 e. The quantitative estimate of drug-likeness (QED) is 0.636. The standard InChI is InChI=1S/C19H34N2O5/c1-13(22)9-25-17(23)21-15-6-18(3,4)11-19(5,7-15)12-20-8-16-24-10-14(2)26-16/h13,15-16,20,22H,2,6-12H2,1,3-5H3,(H,21,23). The maximum absolute atomic E-state index is 12.0. The van der Waals surface area contributed by atoms with Gasteiger partial charge in [0, 0.05) is 12.6 Å². The van der Waals surface area contributed by atoms with Crippen molar-refractivity contribution >= 4 is 6.09 Å². The fourth-order valence-corrected chi connectivity index (χ4v) is 4.31. The van der Waals surface area contributed by atoms with Crippen molar-refractivity contribution in [3.63, 3.8) is 0 Å². The van der Waals surface area contributed by atoms with Crippen molar-refractivity contribution in [3.05, 3.63) is 12.3 Å². The van der Waals surface area contributed by atoms with E-state index in [-0.39, 0.29) is 29.8 Å². The van der Waals surface area contributed by atoms with Gasteiger partial charge in [0.05, 0.1) is 12.6 Å². The number of rotatable bonds is 7. The zero-order chi connectivity index (χ0) is 19.4. The van der Waals surface area contributed by atoms with Crippen molar-refractivity contribution in [3.8, 4) is 0 Å². The Balaban J connectivity index is 1.84. The maximum atomic E-state index is 12.0. The smallest absolute Gasteiger partial charge is 0.407 e. The van der Waals surface area contributed by atoms with Crippen LogP contribution in [0, 0.1) is 10.8 Å². The van der Waals surface area contributed by atoms with Gasteiger partial charge < -0.3 is 30.0 Å². The summed E-state index contributed by atoms with van der Waals surface area (Å²) >= 11 is 0. The Bertz CT molecular complexity index is 508. The Morgan fingerprint density at radius 3 is 2.77 bits per heavy atom. The number of carbonyl (C=O) groups is 1. The molecule has 0 aromatic rings. The van der Waals surface area contributed by atoms with Crippen LogP contribution in [0.3, 0.4) is 0 Å². The Kier molecular flexibility index (Phi) is 6.93. The van der Waals surface area contributed by atoms with Crippen LogP contribution in [0.2, 0.25) is 0 Å². The molecule has 2 fully saturated rings. The van der Waals surface area contributed by atoms with E-state index in [0.717, 1.165) is 25.8 Å². The van der Waals surface area contributed by atoms with Gasteiger partial charge in [-0.2, -0.15) is 0 Å². The molecule has 0 aromatic carbocycles. The molecule has 1 heterocycles. The number of ether oxygens (including phenoxy) is 3. The van der Waals surface area contributed by atoms with E-state index >= 15 is 0 Å². The van der Waals surface area contributed by atoms with Gasteiger partial charge in [-0.3, -0.25) is 0 Å². The van der Waals surface area contributed by atoms with Crippen LogP contribution in [0.25, 0.3) is 0 Å². The summed E-state index contributed by atoms with van der Waals surface area (Å²) in [5.74, 6) is 0.668. The molecule has 7 nitrogen and oxygen atoms in total. The number of aliphatic hydroxyl groups is 1. The average molecular weight is 370 g/mol. The first kappa shape index (κ1) is 21.0. The van der Waals surface area contributed by atoms with Crippen LogP contribution in [0.15, 0.2) is 12.3 Å². The van der Waals surface area contributed by atoms with Gasteiger partial charge in [-0.15, -0.1) is 0 Å². The first-order chi connectivity index (χ1) is 12.1. The molecule has 3 N–H and O–H groups in total. The Labute approximate surface area is 156 Å². The van der Waals surface area contributed by atoms with Gasteiger partial charge in [-0.25, -0.2) is 4.79 Å². The van der Waals surface area contributed by atoms with E-state index in [1.165, 1.54) is 0 Å². The lowest BCUT2D eigenvalue weighted by molar-refractivity contribution is -0.0323. The van der Waals surface area contributed by atoms with E-state index in [4.69, 9.17) is 14.2 Å². The normalized spacial score (nSPS) is 32.0. The molecule has 1 amide bonds. The van der Waals surface area contributed by atoms with E-state index in [9.17, 15) is 9.90 Å². The summed E-state index contributed by atoms with van der Waals surface area (Å²) in [6, 6.07) is 0.0470. The zero-order valence-corrected chi connectivity index (χ0v) is 16.5. The molecule has 2 rings (SSSR count). The molecule has 26 heavy (non-hydrogen) atoms. The van der Waals surface area contributed by atoms with Crippen LogP contribution in [0.5, 0.6) is 0 Å². The van der Waals surface area contributed by atoms with Gasteiger partial charge in [0.15, 0.2) is 0 Å². The highest BCUT2D eigenvalue weighted by atomic mass is 16.7. The molecule has 150 valence electrons. The third kappa shape index (κ3) is 6.78. The number of hydrogen-bond acceptors (Lipinski definition) is 6. The highest BCUT2D eigenvalue weighted by Crippen LogP contribution is 2.45. The van der Waals surface area contributed by atoms with Gasteiger partial charge >= 0.3 is 6.09 Å². The molecule has 1 saturated carbocycles. The second kappa shape index (κ2) is 8.59. The number of aliphatic hydroxyl groups excluding tert-OH is 1. The lowest BCUT2D eigenvalue weighted by atomic mass is 9.62. The van der Waals surface area contributed by atoms with Gasteiger partial charge in [-0.1, -0.05) is 27.4 Å². The number of carbonyl (C=O) groups excluding carboxylic acids is 1. The minimum Gasteiger partial charge on any atom is -0.466 e. The molecular formula is C19H34N2O5. The van der Waals surface area contributed by atoms with E-state index in [1.54, 1.807) is 6.92 Å². The van der Waals surface area contributed by atoms with Crippen molar-refractivity contribution in [2.45, 2.75) is 65.4 Å². The Morgan fingerprint density at radius 1 is 1.42 bits per heavy atom. The van der Waals surface area contributed by atoms with E-state index in [2.05, 4.69) is 38.0 Å². The molecule has 0 aromatic heterocycles. The van der Waals surface area contributed by atoms with Crippen LogP contribution < -0.4 is 10.6 Å². The fraction of sp³-hybridized carbons (Fsp3) is 0.842. The fourth-order valence-electron chi connectivity index (χ4n) is 4.31. The summed E-state index contributed by atoms with van der Waals surface area (Å²) in [4.78, 5) is 12.0. The van der Waals surface area contributed by atoms with Crippen LogP contribution in [-0.4, -0.2) is 55.9 Å². The predicted octanol–water partition coefficient (Wildman–Crippen LogP) is 2.15. The minimum atomic E-state index is -0.658. The molecular weight excluding hydrogens is 336 g/mol. The van der Waals surface area contributed by atoms with E-state index in [0.29, 0.717) is 18.9 Å². The summed E-state index contributed by atoms with van der Waals surface area (Å²) in [6.07, 6.45) is 1.44. The predicted molar refractivity (Wildman–Crippen MR) is 98.5 cm³/mol. The van der Waals surface area contributed by atoms with Crippen LogP contribution in [0.1, 0.15) is 47.0 Å². The van der Waals surface area contributed by atoms with Gasteiger partial charge in [0.2, 0.25) is 6.29 Å². The van der Waals surface area contributed by atoms with Crippen molar-refractivity contribution in [1.82, 2.24) is 10.6 Å². The Morgan fingerprint density at radius 2 is 2.15 bits per heavy atom. The monoisotopic (exact) mass is 370 g/mol. The highest BCUT2D eigenvalue weighted by molar-refractivity contribution is 5.67. The number of hydrogen-bond donors (Lipinski definition) is 3. The summed E-state index contributed by atoms with van der Waals surface area (Å²) in [5.41, 5.74) is 0.158. The minimum absolute atomic E-state index is 0.00739. The molecule has 0 radical (unpaired) electrons. The second-order valence-electron chi connectivity index (χ2n) is 8.88. The molecule has 4 atom stereocenters. The van der Waals surface area contributed by atoms with Crippen LogP contribution in [-0.2, 0) is 14.2 Å². The molecule has 7 heteroatoms. The third-order valence-electron chi connectivity index (χ3n) is 4.81. The SMILES string of the molecule is C=C1COC(CNCC2(C)CC(NC(=O)OCC(C)O)CC(C)(C)C2)O1. The molecule has 4 unspecified atom stereocenters. The molecule has 1 aliphatic carbocycles. The Hall–Kier alpha value is -1.31.